The van der Waals surface area contributed by atoms with E-state index in [1.54, 1.807) is 36.4 Å². The molecule has 4 rings (SSSR count). The fourth-order valence-electron chi connectivity index (χ4n) is 2.89. The van der Waals surface area contributed by atoms with Gasteiger partial charge in [0, 0.05) is 27.2 Å². The molecular weight excluding hydrogens is 379 g/mol. The van der Waals surface area contributed by atoms with Crippen LogP contribution in [0.3, 0.4) is 0 Å². The summed E-state index contributed by atoms with van der Waals surface area (Å²) in [7, 11) is 0. The van der Waals surface area contributed by atoms with Gasteiger partial charge in [0.15, 0.2) is 0 Å². The van der Waals surface area contributed by atoms with Crippen LogP contribution in [0.1, 0.15) is 10.4 Å². The minimum atomic E-state index is -0.398. The first-order chi connectivity index (χ1) is 13.5. The highest BCUT2D eigenvalue weighted by atomic mass is 35.5. The van der Waals surface area contributed by atoms with Gasteiger partial charge in [0.25, 0.3) is 5.91 Å². The van der Waals surface area contributed by atoms with Crippen LogP contribution in [0.2, 0.25) is 5.02 Å². The molecule has 0 aliphatic carbocycles. The number of anilines is 2. The third-order valence-electron chi connectivity index (χ3n) is 4.18. The SMILES string of the molecule is Nc1nc(-c2cccc(NC(=O)c3ccc(F)cc3)c2)c2cc(Cl)ccc2n1. The molecule has 0 bridgehead atoms. The lowest BCUT2D eigenvalue weighted by Crippen LogP contribution is -2.11. The van der Waals surface area contributed by atoms with Crippen LogP contribution in [0.5, 0.6) is 0 Å². The fraction of sp³-hybridized carbons (Fsp3) is 0. The first kappa shape index (κ1) is 17.9. The molecule has 28 heavy (non-hydrogen) atoms. The van der Waals surface area contributed by atoms with Crippen LogP contribution in [0, 0.1) is 5.82 Å². The van der Waals surface area contributed by atoms with Gasteiger partial charge in [-0.15, -0.1) is 0 Å². The van der Waals surface area contributed by atoms with E-state index in [4.69, 9.17) is 17.3 Å². The zero-order valence-corrected chi connectivity index (χ0v) is 15.2. The maximum Gasteiger partial charge on any atom is 0.255 e. The standard InChI is InChI=1S/C21H14ClFN4O/c22-14-6-9-18-17(11-14)19(27-21(24)26-18)13-2-1-3-16(10-13)25-20(28)12-4-7-15(23)8-5-12/h1-11H,(H,25,28)(H2,24,26,27). The van der Waals surface area contributed by atoms with Gasteiger partial charge >= 0.3 is 0 Å². The molecule has 4 aromatic rings. The van der Waals surface area contributed by atoms with Crippen molar-refractivity contribution < 1.29 is 9.18 Å². The van der Waals surface area contributed by atoms with Gasteiger partial charge < -0.3 is 11.1 Å². The van der Waals surface area contributed by atoms with Crippen LogP contribution in [-0.2, 0) is 0 Å². The number of nitrogens with zero attached hydrogens (tertiary/aromatic N) is 2. The molecule has 0 unspecified atom stereocenters. The molecule has 3 N–H and O–H groups in total. The van der Waals surface area contributed by atoms with Crippen molar-refractivity contribution in [3.63, 3.8) is 0 Å². The number of rotatable bonds is 3. The molecule has 0 saturated heterocycles. The van der Waals surface area contributed by atoms with Crippen molar-refractivity contribution in [2.75, 3.05) is 11.1 Å². The lowest BCUT2D eigenvalue weighted by atomic mass is 10.1. The van der Waals surface area contributed by atoms with Crippen molar-refractivity contribution in [2.45, 2.75) is 0 Å². The highest BCUT2D eigenvalue weighted by Crippen LogP contribution is 2.30. The van der Waals surface area contributed by atoms with Crippen LogP contribution in [0.25, 0.3) is 22.2 Å². The summed E-state index contributed by atoms with van der Waals surface area (Å²) in [6, 6.07) is 17.8. The second-order valence-electron chi connectivity index (χ2n) is 6.13. The van der Waals surface area contributed by atoms with E-state index < -0.39 is 5.82 Å². The molecule has 0 aliphatic rings. The highest BCUT2D eigenvalue weighted by molar-refractivity contribution is 6.31. The van der Waals surface area contributed by atoms with Gasteiger partial charge in [0.2, 0.25) is 5.95 Å². The van der Waals surface area contributed by atoms with Gasteiger partial charge in [-0.05, 0) is 54.6 Å². The number of nitrogens with one attached hydrogen (secondary N) is 1. The molecule has 3 aromatic carbocycles. The Bertz CT molecular complexity index is 1190. The van der Waals surface area contributed by atoms with Crippen LogP contribution in [-0.4, -0.2) is 15.9 Å². The second-order valence-corrected chi connectivity index (χ2v) is 6.57. The summed E-state index contributed by atoms with van der Waals surface area (Å²) in [5.74, 6) is -0.594. The first-order valence-corrected chi connectivity index (χ1v) is 8.77. The van der Waals surface area contributed by atoms with Gasteiger partial charge in [-0.25, -0.2) is 14.4 Å². The topological polar surface area (TPSA) is 80.9 Å². The number of amides is 1. The third kappa shape index (κ3) is 3.63. The van der Waals surface area contributed by atoms with Crippen molar-refractivity contribution in [2.24, 2.45) is 0 Å². The van der Waals surface area contributed by atoms with Crippen LogP contribution < -0.4 is 11.1 Å². The van der Waals surface area contributed by atoms with E-state index in [1.165, 1.54) is 24.3 Å². The van der Waals surface area contributed by atoms with Gasteiger partial charge in [-0.2, -0.15) is 0 Å². The molecule has 1 amide bonds. The number of carbonyl (C=O) groups is 1. The molecule has 0 atom stereocenters. The molecule has 0 fully saturated rings. The quantitative estimate of drug-likeness (QED) is 0.518. The zero-order chi connectivity index (χ0) is 19.7. The fourth-order valence-corrected chi connectivity index (χ4v) is 3.06. The Morgan fingerprint density at radius 1 is 1.00 bits per heavy atom. The molecule has 0 radical (unpaired) electrons. The van der Waals surface area contributed by atoms with Gasteiger partial charge in [0.1, 0.15) is 5.82 Å². The van der Waals surface area contributed by atoms with Crippen LogP contribution in [0.15, 0.2) is 66.7 Å². The molecule has 138 valence electrons. The number of halogens is 2. The first-order valence-electron chi connectivity index (χ1n) is 8.40. The number of hydrogen-bond acceptors (Lipinski definition) is 4. The maximum atomic E-state index is 13.0. The average molecular weight is 393 g/mol. The molecule has 0 aliphatic heterocycles. The number of benzene rings is 3. The monoisotopic (exact) mass is 392 g/mol. The Morgan fingerprint density at radius 2 is 1.79 bits per heavy atom. The van der Waals surface area contributed by atoms with Crippen molar-refractivity contribution in [3.8, 4) is 11.3 Å². The summed E-state index contributed by atoms with van der Waals surface area (Å²) >= 11 is 6.13. The summed E-state index contributed by atoms with van der Waals surface area (Å²) in [4.78, 5) is 21.0. The Kier molecular flexibility index (Phi) is 4.63. The second kappa shape index (κ2) is 7.25. The summed E-state index contributed by atoms with van der Waals surface area (Å²) < 4.78 is 13.0. The lowest BCUT2D eigenvalue weighted by molar-refractivity contribution is 0.102. The highest BCUT2D eigenvalue weighted by Gasteiger charge is 2.11. The molecule has 7 heteroatoms. The van der Waals surface area contributed by atoms with E-state index in [0.717, 1.165) is 10.9 Å². The Hall–Kier alpha value is -3.51. The van der Waals surface area contributed by atoms with Gasteiger partial charge in [-0.1, -0.05) is 23.7 Å². The number of carbonyl (C=O) groups excluding carboxylic acids is 1. The summed E-state index contributed by atoms with van der Waals surface area (Å²) in [5, 5.41) is 4.11. The van der Waals surface area contributed by atoms with Crippen molar-refractivity contribution in [3.05, 3.63) is 83.1 Å². The minimum absolute atomic E-state index is 0.144. The molecule has 5 nitrogen and oxygen atoms in total. The van der Waals surface area contributed by atoms with Crippen molar-refractivity contribution >= 4 is 40.0 Å². The third-order valence-corrected chi connectivity index (χ3v) is 4.41. The molecule has 0 saturated carbocycles. The zero-order valence-electron chi connectivity index (χ0n) is 14.5. The minimum Gasteiger partial charge on any atom is -0.368 e. The Labute approximate surface area is 165 Å². The molecule has 0 spiro atoms. The summed E-state index contributed by atoms with van der Waals surface area (Å²) in [6.45, 7) is 0. The Balaban J connectivity index is 1.71. The normalized spacial score (nSPS) is 10.8. The lowest BCUT2D eigenvalue weighted by Gasteiger charge is -2.10. The van der Waals surface area contributed by atoms with Gasteiger partial charge in [-0.3, -0.25) is 4.79 Å². The number of fused-ring (bicyclic) bond motifs is 1. The molecule has 1 heterocycles. The van der Waals surface area contributed by atoms with E-state index in [2.05, 4.69) is 15.3 Å². The summed E-state index contributed by atoms with van der Waals surface area (Å²) in [5.41, 5.74) is 8.81. The van der Waals surface area contributed by atoms with Crippen LogP contribution in [0.4, 0.5) is 16.0 Å². The smallest absolute Gasteiger partial charge is 0.255 e. The molecule has 1 aromatic heterocycles. The predicted octanol–water partition coefficient (Wildman–Crippen LogP) is 4.92. The molecular formula is C21H14ClFN4O. The van der Waals surface area contributed by atoms with Crippen molar-refractivity contribution in [1.82, 2.24) is 9.97 Å². The van der Waals surface area contributed by atoms with E-state index in [1.807, 2.05) is 6.07 Å². The summed E-state index contributed by atoms with van der Waals surface area (Å²) in [6.07, 6.45) is 0. The van der Waals surface area contributed by atoms with Gasteiger partial charge in [0.05, 0.1) is 11.2 Å². The number of nitrogen functional groups attached to an aromatic ring is 1. The van der Waals surface area contributed by atoms with E-state index in [-0.39, 0.29) is 11.9 Å². The van der Waals surface area contributed by atoms with E-state index >= 15 is 0 Å². The Morgan fingerprint density at radius 3 is 2.57 bits per heavy atom. The van der Waals surface area contributed by atoms with E-state index in [9.17, 15) is 9.18 Å². The van der Waals surface area contributed by atoms with E-state index in [0.29, 0.717) is 27.5 Å². The number of hydrogen-bond donors (Lipinski definition) is 2. The van der Waals surface area contributed by atoms with Crippen LogP contribution >= 0.6 is 11.6 Å². The number of nitrogens with two attached hydrogens (primary N) is 1. The maximum absolute atomic E-state index is 13.0. The number of aromatic nitrogens is 2. The van der Waals surface area contributed by atoms with Crippen molar-refractivity contribution in [1.29, 1.82) is 0 Å². The largest absolute Gasteiger partial charge is 0.368 e. The predicted molar refractivity (Wildman–Crippen MR) is 109 cm³/mol. The average Bonchev–Trinajstić information content (AvgIpc) is 2.68.